The Labute approximate surface area is 101 Å². The number of pyridine rings is 1. The van der Waals surface area contributed by atoms with Crippen LogP contribution in [0, 0.1) is 5.92 Å². The molecule has 0 bridgehead atoms. The van der Waals surface area contributed by atoms with Gasteiger partial charge in [-0.25, -0.2) is 0 Å². The van der Waals surface area contributed by atoms with Crippen molar-refractivity contribution < 1.29 is 5.11 Å². The van der Waals surface area contributed by atoms with Crippen molar-refractivity contribution in [2.75, 3.05) is 13.1 Å². The molecule has 1 N–H and O–H groups in total. The van der Waals surface area contributed by atoms with Gasteiger partial charge in [-0.15, -0.1) is 0 Å². The average molecular weight is 241 g/mol. The number of piperidine rings is 1. The van der Waals surface area contributed by atoms with Gasteiger partial charge in [-0.05, 0) is 24.0 Å². The van der Waals surface area contributed by atoms with E-state index in [1.807, 2.05) is 6.07 Å². The summed E-state index contributed by atoms with van der Waals surface area (Å²) >= 11 is 6.07. The highest BCUT2D eigenvalue weighted by atomic mass is 35.5. The van der Waals surface area contributed by atoms with Crippen molar-refractivity contribution in [3.05, 3.63) is 29.0 Å². The number of aliphatic hydroxyl groups is 1. The van der Waals surface area contributed by atoms with Gasteiger partial charge in [0.05, 0.1) is 11.1 Å². The van der Waals surface area contributed by atoms with Crippen LogP contribution in [0.1, 0.15) is 18.9 Å². The highest BCUT2D eigenvalue weighted by Crippen LogP contribution is 2.21. The van der Waals surface area contributed by atoms with Gasteiger partial charge in [0.15, 0.2) is 0 Å². The molecule has 2 atom stereocenters. The quantitative estimate of drug-likeness (QED) is 0.858. The summed E-state index contributed by atoms with van der Waals surface area (Å²) in [6.07, 6.45) is 4.15. The summed E-state index contributed by atoms with van der Waals surface area (Å²) in [7, 11) is 0. The number of aliphatic hydroxyl groups excluding tert-OH is 1. The van der Waals surface area contributed by atoms with E-state index in [4.69, 9.17) is 11.6 Å². The molecule has 4 heteroatoms. The number of aromatic nitrogens is 1. The summed E-state index contributed by atoms with van der Waals surface area (Å²) in [6.45, 7) is 4.80. The van der Waals surface area contributed by atoms with Crippen molar-refractivity contribution in [2.24, 2.45) is 5.92 Å². The number of hydrogen-bond donors (Lipinski definition) is 1. The molecule has 0 aromatic carbocycles. The Bertz CT molecular complexity index is 359. The molecule has 0 amide bonds. The first kappa shape index (κ1) is 11.8. The zero-order chi connectivity index (χ0) is 11.5. The summed E-state index contributed by atoms with van der Waals surface area (Å²) < 4.78 is 0. The molecule has 2 rings (SSSR count). The molecule has 2 heterocycles. The summed E-state index contributed by atoms with van der Waals surface area (Å²) in [5.74, 6) is 0.342. The van der Waals surface area contributed by atoms with Crippen LogP contribution in [0.5, 0.6) is 0 Å². The van der Waals surface area contributed by atoms with Crippen LogP contribution in [-0.2, 0) is 6.54 Å². The molecule has 1 aromatic rings. The monoisotopic (exact) mass is 240 g/mol. The Hall–Kier alpha value is -0.640. The van der Waals surface area contributed by atoms with Crippen LogP contribution in [-0.4, -0.2) is 34.2 Å². The van der Waals surface area contributed by atoms with Gasteiger partial charge in [0.25, 0.3) is 0 Å². The van der Waals surface area contributed by atoms with Crippen LogP contribution in [0.25, 0.3) is 0 Å². The molecule has 1 fully saturated rings. The molecule has 2 unspecified atom stereocenters. The fraction of sp³-hybridized carbons (Fsp3) is 0.583. The van der Waals surface area contributed by atoms with E-state index in [2.05, 4.69) is 16.8 Å². The molecule has 1 aromatic heterocycles. The molecule has 88 valence electrons. The summed E-state index contributed by atoms with van der Waals surface area (Å²) in [6, 6.07) is 1.96. The van der Waals surface area contributed by atoms with Crippen molar-refractivity contribution in [1.82, 2.24) is 9.88 Å². The predicted octanol–water partition coefficient (Wildman–Crippen LogP) is 1.94. The Morgan fingerprint density at radius 2 is 2.44 bits per heavy atom. The minimum atomic E-state index is -0.149. The second-order valence-corrected chi connectivity index (χ2v) is 4.94. The maximum absolute atomic E-state index is 9.65. The lowest BCUT2D eigenvalue weighted by atomic mass is 9.96. The topological polar surface area (TPSA) is 36.4 Å². The minimum Gasteiger partial charge on any atom is -0.393 e. The Balaban J connectivity index is 1.98. The largest absolute Gasteiger partial charge is 0.393 e. The van der Waals surface area contributed by atoms with Gasteiger partial charge in [-0.2, -0.15) is 0 Å². The minimum absolute atomic E-state index is 0.149. The normalized spacial score (nSPS) is 26.9. The van der Waals surface area contributed by atoms with Crippen LogP contribution in [0.3, 0.4) is 0 Å². The Kier molecular flexibility index (Phi) is 3.79. The van der Waals surface area contributed by atoms with Crippen LogP contribution in [0.15, 0.2) is 18.5 Å². The van der Waals surface area contributed by atoms with Crippen molar-refractivity contribution >= 4 is 11.6 Å². The zero-order valence-corrected chi connectivity index (χ0v) is 10.2. The molecule has 1 aliphatic heterocycles. The van der Waals surface area contributed by atoms with Gasteiger partial charge in [0, 0.05) is 32.0 Å². The van der Waals surface area contributed by atoms with Crippen LogP contribution in [0.2, 0.25) is 5.02 Å². The van der Waals surface area contributed by atoms with E-state index in [9.17, 15) is 5.11 Å². The highest BCUT2D eigenvalue weighted by Gasteiger charge is 2.24. The van der Waals surface area contributed by atoms with E-state index < -0.39 is 0 Å². The molecule has 0 aliphatic carbocycles. The lowest BCUT2D eigenvalue weighted by molar-refractivity contribution is 0.0320. The van der Waals surface area contributed by atoms with Gasteiger partial charge >= 0.3 is 0 Å². The van der Waals surface area contributed by atoms with Crippen molar-refractivity contribution in [3.8, 4) is 0 Å². The number of hydrogen-bond acceptors (Lipinski definition) is 3. The number of nitrogens with zero attached hydrogens (tertiary/aromatic N) is 2. The second kappa shape index (κ2) is 5.13. The van der Waals surface area contributed by atoms with Gasteiger partial charge < -0.3 is 5.11 Å². The maximum Gasteiger partial charge on any atom is 0.0634 e. The molecule has 0 radical (unpaired) electrons. The first-order valence-electron chi connectivity index (χ1n) is 5.65. The SMILES string of the molecule is CC1CN(Cc2ccncc2Cl)CCC1O. The standard InChI is InChI=1S/C12H17ClN2O/c1-9-7-15(5-3-12(9)16)8-10-2-4-14-6-11(10)13/h2,4,6,9,12,16H,3,5,7-8H2,1H3. The van der Waals surface area contributed by atoms with Crippen molar-refractivity contribution in [2.45, 2.75) is 26.0 Å². The van der Waals surface area contributed by atoms with Gasteiger partial charge in [-0.3, -0.25) is 9.88 Å². The third kappa shape index (κ3) is 2.73. The first-order chi connectivity index (χ1) is 7.66. The molecule has 3 nitrogen and oxygen atoms in total. The number of likely N-dealkylation sites (tertiary alicyclic amines) is 1. The van der Waals surface area contributed by atoms with Gasteiger partial charge in [0.2, 0.25) is 0 Å². The van der Waals surface area contributed by atoms with Crippen LogP contribution >= 0.6 is 11.6 Å². The number of halogens is 1. The van der Waals surface area contributed by atoms with E-state index in [0.29, 0.717) is 5.92 Å². The van der Waals surface area contributed by atoms with Crippen molar-refractivity contribution in [3.63, 3.8) is 0 Å². The molecule has 1 saturated heterocycles. The molecular formula is C12H17ClN2O. The Morgan fingerprint density at radius 1 is 1.62 bits per heavy atom. The van der Waals surface area contributed by atoms with Gasteiger partial charge in [-0.1, -0.05) is 18.5 Å². The summed E-state index contributed by atoms with van der Waals surface area (Å²) in [5.41, 5.74) is 1.11. The maximum atomic E-state index is 9.65. The fourth-order valence-electron chi connectivity index (χ4n) is 2.14. The lowest BCUT2D eigenvalue weighted by Gasteiger charge is -2.34. The zero-order valence-electron chi connectivity index (χ0n) is 9.43. The smallest absolute Gasteiger partial charge is 0.0634 e. The molecule has 16 heavy (non-hydrogen) atoms. The number of rotatable bonds is 2. The average Bonchev–Trinajstić information content (AvgIpc) is 2.27. The predicted molar refractivity (Wildman–Crippen MR) is 64.3 cm³/mol. The first-order valence-corrected chi connectivity index (χ1v) is 6.03. The van der Waals surface area contributed by atoms with E-state index in [1.165, 1.54) is 0 Å². The molecule has 0 spiro atoms. The third-order valence-corrected chi connectivity index (χ3v) is 3.53. The summed E-state index contributed by atoms with van der Waals surface area (Å²) in [4.78, 5) is 6.31. The second-order valence-electron chi connectivity index (χ2n) is 4.54. The molecule has 1 aliphatic rings. The molecule has 0 saturated carbocycles. The van der Waals surface area contributed by atoms with Gasteiger partial charge in [0.1, 0.15) is 0 Å². The van der Waals surface area contributed by atoms with E-state index in [0.717, 1.165) is 36.6 Å². The lowest BCUT2D eigenvalue weighted by Crippen LogP contribution is -2.41. The van der Waals surface area contributed by atoms with E-state index in [-0.39, 0.29) is 6.10 Å². The summed E-state index contributed by atoms with van der Waals surface area (Å²) in [5, 5.41) is 10.4. The third-order valence-electron chi connectivity index (χ3n) is 3.19. The van der Waals surface area contributed by atoms with E-state index >= 15 is 0 Å². The van der Waals surface area contributed by atoms with Crippen LogP contribution < -0.4 is 0 Å². The highest BCUT2D eigenvalue weighted by molar-refractivity contribution is 6.31. The fourth-order valence-corrected chi connectivity index (χ4v) is 2.32. The van der Waals surface area contributed by atoms with Crippen molar-refractivity contribution in [1.29, 1.82) is 0 Å². The Morgan fingerprint density at radius 3 is 3.12 bits per heavy atom. The van der Waals surface area contributed by atoms with Crippen LogP contribution in [0.4, 0.5) is 0 Å². The van der Waals surface area contributed by atoms with E-state index in [1.54, 1.807) is 12.4 Å². The molecular weight excluding hydrogens is 224 g/mol.